The second kappa shape index (κ2) is 5.19. The Morgan fingerprint density at radius 1 is 1.54 bits per heavy atom. The van der Waals surface area contributed by atoms with Gasteiger partial charge in [-0.05, 0) is 40.2 Å². The van der Waals surface area contributed by atoms with Crippen LogP contribution in [0.4, 0.5) is 0 Å². The summed E-state index contributed by atoms with van der Waals surface area (Å²) in [4.78, 5) is 11.2. The third-order valence-corrected chi connectivity index (χ3v) is 1.36. The number of carbonyl (C=O) groups is 1. The molecule has 0 fully saturated rings. The van der Waals surface area contributed by atoms with Crippen molar-refractivity contribution in [1.82, 2.24) is 0 Å². The summed E-state index contributed by atoms with van der Waals surface area (Å²) in [5.41, 5.74) is 4.70. The molecule has 0 saturated heterocycles. The molecular formula is C9H19NO3. The Balaban J connectivity index is 3.83. The molecule has 0 rings (SSSR count). The van der Waals surface area contributed by atoms with Gasteiger partial charge in [0.15, 0.2) is 6.10 Å². The van der Waals surface area contributed by atoms with Crippen LogP contribution < -0.4 is 5.73 Å². The van der Waals surface area contributed by atoms with E-state index in [1.165, 1.54) is 0 Å². The van der Waals surface area contributed by atoms with Crippen LogP contribution in [0.1, 0.15) is 33.6 Å². The Hall–Kier alpha value is -0.610. The minimum atomic E-state index is -1.04. The Kier molecular flexibility index (Phi) is 4.95. The van der Waals surface area contributed by atoms with E-state index < -0.39 is 17.7 Å². The number of esters is 1. The molecule has 78 valence electrons. The fourth-order valence-electron chi connectivity index (χ4n) is 0.799. The summed E-state index contributed by atoms with van der Waals surface area (Å²) in [7, 11) is 0. The Morgan fingerprint density at radius 3 is 2.46 bits per heavy atom. The minimum Gasteiger partial charge on any atom is -0.458 e. The van der Waals surface area contributed by atoms with Crippen molar-refractivity contribution in [3.8, 4) is 0 Å². The molecule has 1 atom stereocenters. The molecule has 4 heteroatoms. The molecule has 13 heavy (non-hydrogen) atoms. The number of ether oxygens (including phenoxy) is 1. The van der Waals surface area contributed by atoms with Gasteiger partial charge in [-0.1, -0.05) is 0 Å². The first-order valence-corrected chi connectivity index (χ1v) is 4.48. The lowest BCUT2D eigenvalue weighted by atomic mass is 10.1. The SMILES string of the molecule is CC(C)(C)OC(=O)C(O)CCCN. The highest BCUT2D eigenvalue weighted by Crippen LogP contribution is 2.10. The Bertz CT molecular complexity index is 163. The molecule has 3 N–H and O–H groups in total. The maximum absolute atomic E-state index is 11.2. The molecule has 0 bridgehead atoms. The summed E-state index contributed by atoms with van der Waals surface area (Å²) in [5.74, 6) is -0.569. The van der Waals surface area contributed by atoms with Crippen LogP contribution in [0.5, 0.6) is 0 Å². The van der Waals surface area contributed by atoms with Gasteiger partial charge in [-0.2, -0.15) is 0 Å². The van der Waals surface area contributed by atoms with Crippen LogP contribution in [-0.4, -0.2) is 29.3 Å². The molecule has 0 aromatic rings. The van der Waals surface area contributed by atoms with E-state index in [0.717, 1.165) is 0 Å². The average molecular weight is 189 g/mol. The zero-order valence-electron chi connectivity index (χ0n) is 8.54. The van der Waals surface area contributed by atoms with Crippen molar-refractivity contribution in [3.05, 3.63) is 0 Å². The fraction of sp³-hybridized carbons (Fsp3) is 0.889. The third-order valence-electron chi connectivity index (χ3n) is 1.36. The lowest BCUT2D eigenvalue weighted by Gasteiger charge is -2.21. The predicted molar refractivity (Wildman–Crippen MR) is 50.1 cm³/mol. The van der Waals surface area contributed by atoms with E-state index in [2.05, 4.69) is 0 Å². The second-order valence-electron chi connectivity index (χ2n) is 3.98. The number of rotatable bonds is 4. The van der Waals surface area contributed by atoms with E-state index in [9.17, 15) is 9.90 Å². The van der Waals surface area contributed by atoms with Crippen molar-refractivity contribution in [2.24, 2.45) is 5.73 Å². The summed E-state index contributed by atoms with van der Waals surface area (Å²) in [6.07, 6.45) is -0.0472. The van der Waals surface area contributed by atoms with Crippen molar-refractivity contribution in [3.63, 3.8) is 0 Å². The molecule has 1 unspecified atom stereocenters. The number of carbonyl (C=O) groups excluding carboxylic acids is 1. The van der Waals surface area contributed by atoms with E-state index in [0.29, 0.717) is 19.4 Å². The smallest absolute Gasteiger partial charge is 0.335 e. The van der Waals surface area contributed by atoms with Gasteiger partial charge < -0.3 is 15.6 Å². The van der Waals surface area contributed by atoms with E-state index in [1.54, 1.807) is 20.8 Å². The van der Waals surface area contributed by atoms with Gasteiger partial charge in [0, 0.05) is 0 Å². The van der Waals surface area contributed by atoms with Crippen molar-refractivity contribution >= 4 is 5.97 Å². The van der Waals surface area contributed by atoms with Gasteiger partial charge in [-0.25, -0.2) is 4.79 Å². The van der Waals surface area contributed by atoms with Crippen molar-refractivity contribution in [1.29, 1.82) is 0 Å². The highest BCUT2D eigenvalue weighted by atomic mass is 16.6. The molecule has 0 radical (unpaired) electrons. The van der Waals surface area contributed by atoms with Crippen LogP contribution in [-0.2, 0) is 9.53 Å². The van der Waals surface area contributed by atoms with E-state index in [4.69, 9.17) is 10.5 Å². The maximum atomic E-state index is 11.2. The van der Waals surface area contributed by atoms with Crippen LogP contribution >= 0.6 is 0 Å². The van der Waals surface area contributed by atoms with E-state index in [-0.39, 0.29) is 0 Å². The molecule has 4 nitrogen and oxygen atoms in total. The van der Waals surface area contributed by atoms with Crippen molar-refractivity contribution in [2.45, 2.75) is 45.3 Å². The van der Waals surface area contributed by atoms with Crippen LogP contribution in [0.25, 0.3) is 0 Å². The Labute approximate surface area is 79.1 Å². The Morgan fingerprint density at radius 2 is 2.08 bits per heavy atom. The summed E-state index contributed by atoms with van der Waals surface area (Å²) in [5, 5.41) is 9.28. The lowest BCUT2D eigenvalue weighted by molar-refractivity contribution is -0.165. The summed E-state index contributed by atoms with van der Waals surface area (Å²) in [6, 6.07) is 0. The van der Waals surface area contributed by atoms with Crippen molar-refractivity contribution < 1.29 is 14.6 Å². The summed E-state index contributed by atoms with van der Waals surface area (Å²) < 4.78 is 4.97. The van der Waals surface area contributed by atoms with Crippen LogP contribution in [0.15, 0.2) is 0 Å². The molecule has 0 aliphatic rings. The molecule has 0 amide bonds. The molecule has 0 aromatic heterocycles. The van der Waals surface area contributed by atoms with Gasteiger partial charge in [-0.3, -0.25) is 0 Å². The van der Waals surface area contributed by atoms with Gasteiger partial charge in [0.05, 0.1) is 0 Å². The first-order chi connectivity index (χ1) is 5.87. The molecule has 0 aromatic carbocycles. The van der Waals surface area contributed by atoms with Crippen molar-refractivity contribution in [2.75, 3.05) is 6.54 Å². The lowest BCUT2D eigenvalue weighted by Crippen LogP contribution is -2.32. The standard InChI is InChI=1S/C9H19NO3/c1-9(2,3)13-8(12)7(11)5-4-6-10/h7,11H,4-6,10H2,1-3H3. The van der Waals surface area contributed by atoms with E-state index in [1.807, 2.05) is 0 Å². The molecule has 0 aliphatic heterocycles. The highest BCUT2D eigenvalue weighted by molar-refractivity contribution is 5.74. The largest absolute Gasteiger partial charge is 0.458 e. The predicted octanol–water partition coefficient (Wildman–Crippen LogP) is 0.428. The number of aliphatic hydroxyl groups is 1. The average Bonchev–Trinajstić information content (AvgIpc) is 1.96. The number of nitrogens with two attached hydrogens (primary N) is 1. The maximum Gasteiger partial charge on any atom is 0.335 e. The number of hydrogen-bond donors (Lipinski definition) is 2. The first-order valence-electron chi connectivity index (χ1n) is 4.48. The summed E-state index contributed by atoms with van der Waals surface area (Å²) >= 11 is 0. The number of aliphatic hydroxyl groups excluding tert-OH is 1. The summed E-state index contributed by atoms with van der Waals surface area (Å²) in [6.45, 7) is 5.77. The van der Waals surface area contributed by atoms with Gasteiger partial charge in [-0.15, -0.1) is 0 Å². The third kappa shape index (κ3) is 6.54. The van der Waals surface area contributed by atoms with Gasteiger partial charge >= 0.3 is 5.97 Å². The normalized spacial score (nSPS) is 13.9. The van der Waals surface area contributed by atoms with Crippen LogP contribution in [0, 0.1) is 0 Å². The molecule has 0 saturated carbocycles. The van der Waals surface area contributed by atoms with E-state index >= 15 is 0 Å². The monoisotopic (exact) mass is 189 g/mol. The first kappa shape index (κ1) is 12.4. The molecule has 0 heterocycles. The zero-order valence-corrected chi connectivity index (χ0v) is 8.54. The van der Waals surface area contributed by atoms with Gasteiger partial charge in [0.25, 0.3) is 0 Å². The van der Waals surface area contributed by atoms with Gasteiger partial charge in [0.2, 0.25) is 0 Å². The zero-order chi connectivity index (χ0) is 10.5. The highest BCUT2D eigenvalue weighted by Gasteiger charge is 2.22. The van der Waals surface area contributed by atoms with Gasteiger partial charge in [0.1, 0.15) is 5.60 Å². The van der Waals surface area contributed by atoms with Crippen LogP contribution in [0.3, 0.4) is 0 Å². The molecule has 0 spiro atoms. The fourth-order valence-corrected chi connectivity index (χ4v) is 0.799. The second-order valence-corrected chi connectivity index (χ2v) is 3.98. The quantitative estimate of drug-likeness (QED) is 0.629. The number of hydrogen-bond acceptors (Lipinski definition) is 4. The molecular weight excluding hydrogens is 170 g/mol. The minimum absolute atomic E-state index is 0.366. The topological polar surface area (TPSA) is 72.5 Å². The molecule has 0 aliphatic carbocycles. The van der Waals surface area contributed by atoms with Crippen LogP contribution in [0.2, 0.25) is 0 Å².